The van der Waals surface area contributed by atoms with E-state index in [1.165, 1.54) is 0 Å². The van der Waals surface area contributed by atoms with Gasteiger partial charge in [0.25, 0.3) is 0 Å². The Kier molecular flexibility index (Phi) is 6.47. The van der Waals surface area contributed by atoms with Crippen LogP contribution in [0.25, 0.3) is 22.2 Å². The number of hydrogen-bond donors (Lipinski definition) is 1. The molecule has 0 bridgehead atoms. The van der Waals surface area contributed by atoms with E-state index in [0.29, 0.717) is 0 Å². The van der Waals surface area contributed by atoms with Gasteiger partial charge in [0.1, 0.15) is 5.60 Å². The topological polar surface area (TPSA) is 60.3 Å². The Morgan fingerprint density at radius 2 is 1.41 bits per heavy atom. The minimum absolute atomic E-state index is 0.0412. The summed E-state index contributed by atoms with van der Waals surface area (Å²) >= 11 is 0. The standard InChI is InChI=1S/C29H38N2O3/c1-18-13-19(2)15-20(14-18)24-17-21-16-22(29(9,10)25(32)30-27(3,4)5)11-12-23(21)31(24)26(33)34-28(6,7)8/h11-17H,1-10H3,(H,30,32). The van der Waals surface area contributed by atoms with Crippen LogP contribution in [0.1, 0.15) is 72.1 Å². The highest BCUT2D eigenvalue weighted by Crippen LogP contribution is 2.34. The molecule has 1 heterocycles. The highest BCUT2D eigenvalue weighted by atomic mass is 16.6. The second-order valence-corrected chi connectivity index (χ2v) is 11.8. The molecule has 0 radical (unpaired) electrons. The molecule has 0 aliphatic rings. The molecule has 1 aromatic heterocycles. The van der Waals surface area contributed by atoms with Gasteiger partial charge in [0.2, 0.25) is 5.91 Å². The number of carbonyl (C=O) groups is 2. The van der Waals surface area contributed by atoms with Crippen molar-refractivity contribution in [3.63, 3.8) is 0 Å². The number of amides is 1. The third-order valence-corrected chi connectivity index (χ3v) is 5.67. The monoisotopic (exact) mass is 462 g/mol. The molecule has 5 heteroatoms. The van der Waals surface area contributed by atoms with Gasteiger partial charge in [-0.1, -0.05) is 23.3 Å². The Morgan fingerprint density at radius 1 is 0.824 bits per heavy atom. The van der Waals surface area contributed by atoms with E-state index >= 15 is 0 Å². The first-order valence-electron chi connectivity index (χ1n) is 11.8. The van der Waals surface area contributed by atoms with Crippen LogP contribution in [0.15, 0.2) is 42.5 Å². The van der Waals surface area contributed by atoms with E-state index < -0.39 is 17.1 Å². The van der Waals surface area contributed by atoms with Crippen molar-refractivity contribution in [2.24, 2.45) is 0 Å². The number of carbonyl (C=O) groups excluding carboxylic acids is 2. The molecule has 1 amide bonds. The van der Waals surface area contributed by atoms with Gasteiger partial charge in [0.05, 0.1) is 16.6 Å². The van der Waals surface area contributed by atoms with Gasteiger partial charge in [0.15, 0.2) is 0 Å². The summed E-state index contributed by atoms with van der Waals surface area (Å²) in [4.78, 5) is 26.4. The largest absolute Gasteiger partial charge is 0.443 e. The molecule has 2 aromatic carbocycles. The summed E-state index contributed by atoms with van der Waals surface area (Å²) in [5.74, 6) is -0.0412. The van der Waals surface area contributed by atoms with Gasteiger partial charge in [-0.2, -0.15) is 0 Å². The van der Waals surface area contributed by atoms with Crippen molar-refractivity contribution in [3.05, 3.63) is 59.2 Å². The lowest BCUT2D eigenvalue weighted by atomic mass is 9.82. The van der Waals surface area contributed by atoms with Crippen LogP contribution in [0.5, 0.6) is 0 Å². The molecule has 3 rings (SSSR count). The summed E-state index contributed by atoms with van der Waals surface area (Å²) in [5.41, 5.74) is 3.91. The van der Waals surface area contributed by atoms with Gasteiger partial charge in [-0.25, -0.2) is 9.36 Å². The molecule has 34 heavy (non-hydrogen) atoms. The smallest absolute Gasteiger partial charge is 0.419 e. The normalized spacial score (nSPS) is 12.6. The minimum Gasteiger partial charge on any atom is -0.443 e. The van der Waals surface area contributed by atoms with E-state index in [2.05, 4.69) is 23.5 Å². The molecule has 0 spiro atoms. The second kappa shape index (κ2) is 8.61. The fraction of sp³-hybridized carbons (Fsp3) is 0.448. The molecule has 1 N–H and O–H groups in total. The predicted molar refractivity (Wildman–Crippen MR) is 139 cm³/mol. The molecule has 0 unspecified atom stereocenters. The number of nitrogens with one attached hydrogen (secondary N) is 1. The molecule has 0 saturated heterocycles. The number of ether oxygens (including phenoxy) is 1. The maximum atomic E-state index is 13.3. The van der Waals surface area contributed by atoms with E-state index in [1.807, 2.05) is 93.5 Å². The van der Waals surface area contributed by atoms with Crippen molar-refractivity contribution in [3.8, 4) is 11.3 Å². The van der Waals surface area contributed by atoms with Gasteiger partial charge < -0.3 is 10.1 Å². The Bertz CT molecular complexity index is 1230. The highest BCUT2D eigenvalue weighted by Gasteiger charge is 2.33. The highest BCUT2D eigenvalue weighted by molar-refractivity contribution is 5.98. The maximum Gasteiger partial charge on any atom is 0.419 e. The molecule has 3 aromatic rings. The Hall–Kier alpha value is -3.08. The van der Waals surface area contributed by atoms with Crippen molar-refractivity contribution in [1.82, 2.24) is 9.88 Å². The van der Waals surface area contributed by atoms with Crippen molar-refractivity contribution in [1.29, 1.82) is 0 Å². The maximum absolute atomic E-state index is 13.3. The summed E-state index contributed by atoms with van der Waals surface area (Å²) in [6.07, 6.45) is -0.422. The number of rotatable bonds is 3. The van der Waals surface area contributed by atoms with Crippen LogP contribution in [0, 0.1) is 13.8 Å². The quantitative estimate of drug-likeness (QED) is 0.460. The number of nitrogens with zero attached hydrogens (tertiary/aromatic N) is 1. The van der Waals surface area contributed by atoms with Crippen LogP contribution >= 0.6 is 0 Å². The molecule has 0 saturated carbocycles. The molecule has 0 aliphatic heterocycles. The third kappa shape index (κ3) is 5.52. The third-order valence-electron chi connectivity index (χ3n) is 5.67. The van der Waals surface area contributed by atoms with Crippen LogP contribution in [0.4, 0.5) is 4.79 Å². The zero-order valence-electron chi connectivity index (χ0n) is 22.2. The van der Waals surface area contributed by atoms with Gasteiger partial charge in [-0.05, 0) is 111 Å². The van der Waals surface area contributed by atoms with Crippen LogP contribution in [0.3, 0.4) is 0 Å². The molecule has 0 aliphatic carbocycles. The van der Waals surface area contributed by atoms with Gasteiger partial charge in [-0.3, -0.25) is 4.79 Å². The van der Waals surface area contributed by atoms with E-state index in [9.17, 15) is 9.59 Å². The van der Waals surface area contributed by atoms with E-state index in [4.69, 9.17) is 4.74 Å². The summed E-state index contributed by atoms with van der Waals surface area (Å²) < 4.78 is 7.40. The van der Waals surface area contributed by atoms with Gasteiger partial charge in [0, 0.05) is 10.9 Å². The van der Waals surface area contributed by atoms with Crippen molar-refractivity contribution in [2.45, 2.75) is 85.8 Å². The molecule has 182 valence electrons. The summed E-state index contributed by atoms with van der Waals surface area (Å²) in [5, 5.41) is 3.97. The lowest BCUT2D eigenvalue weighted by molar-refractivity contribution is -0.127. The SMILES string of the molecule is Cc1cc(C)cc(-c2cc3cc(C(C)(C)C(=O)NC(C)(C)C)ccc3n2C(=O)OC(C)(C)C)c1. The van der Waals surface area contributed by atoms with Crippen molar-refractivity contribution >= 4 is 22.9 Å². The lowest BCUT2D eigenvalue weighted by Crippen LogP contribution is -2.48. The Labute approximate surface area is 203 Å². The first-order chi connectivity index (χ1) is 15.5. The minimum atomic E-state index is -0.741. The number of aromatic nitrogens is 1. The van der Waals surface area contributed by atoms with Crippen LogP contribution in [0.2, 0.25) is 0 Å². The Morgan fingerprint density at radius 3 is 1.94 bits per heavy atom. The van der Waals surface area contributed by atoms with Gasteiger partial charge in [-0.15, -0.1) is 0 Å². The fourth-order valence-corrected chi connectivity index (χ4v) is 4.07. The number of benzene rings is 2. The number of aryl methyl sites for hydroxylation is 2. The van der Waals surface area contributed by atoms with Gasteiger partial charge >= 0.3 is 6.09 Å². The van der Waals surface area contributed by atoms with Crippen molar-refractivity contribution < 1.29 is 14.3 Å². The summed E-state index contributed by atoms with van der Waals surface area (Å²) in [7, 11) is 0. The fourth-order valence-electron chi connectivity index (χ4n) is 4.07. The number of hydrogen-bond acceptors (Lipinski definition) is 3. The van der Waals surface area contributed by atoms with E-state index in [0.717, 1.165) is 38.9 Å². The summed E-state index contributed by atoms with van der Waals surface area (Å²) in [6.45, 7) is 19.4. The average molecular weight is 463 g/mol. The second-order valence-electron chi connectivity index (χ2n) is 11.8. The lowest BCUT2D eigenvalue weighted by Gasteiger charge is -2.30. The molecule has 0 atom stereocenters. The first-order valence-corrected chi connectivity index (χ1v) is 11.8. The zero-order valence-corrected chi connectivity index (χ0v) is 22.2. The molecular weight excluding hydrogens is 424 g/mol. The van der Waals surface area contributed by atoms with Crippen LogP contribution < -0.4 is 5.32 Å². The Balaban J connectivity index is 2.20. The predicted octanol–water partition coefficient (Wildman–Crippen LogP) is 6.90. The summed E-state index contributed by atoms with van der Waals surface area (Å²) in [6, 6.07) is 14.1. The molecule has 5 nitrogen and oxygen atoms in total. The van der Waals surface area contributed by atoms with E-state index in [-0.39, 0.29) is 11.4 Å². The van der Waals surface area contributed by atoms with Crippen molar-refractivity contribution in [2.75, 3.05) is 0 Å². The first kappa shape index (κ1) is 25.5. The van der Waals surface area contributed by atoms with E-state index in [1.54, 1.807) is 4.57 Å². The average Bonchev–Trinajstić information content (AvgIpc) is 3.03. The zero-order chi connectivity index (χ0) is 25.6. The molecule has 0 fully saturated rings. The molecular formula is C29H38N2O3. The number of fused-ring (bicyclic) bond motifs is 1. The van der Waals surface area contributed by atoms with Crippen LogP contribution in [-0.4, -0.2) is 27.7 Å². The van der Waals surface area contributed by atoms with Crippen LogP contribution in [-0.2, 0) is 14.9 Å².